The first-order valence-electron chi connectivity index (χ1n) is 9.08. The molecule has 150 valence electrons. The summed E-state index contributed by atoms with van der Waals surface area (Å²) in [6.45, 7) is 9.03. The Bertz CT molecular complexity index is 501. The molecule has 1 heterocycles. The zero-order valence-corrected chi connectivity index (χ0v) is 17.4. The monoisotopic (exact) mass is 405 g/mol. The Hall–Kier alpha value is -0.850. The lowest BCUT2D eigenvalue weighted by molar-refractivity contribution is -0.143. The smallest absolute Gasteiger partial charge is 0.252 e. The summed E-state index contributed by atoms with van der Waals surface area (Å²) in [4.78, 5) is 17.2. The Kier molecular flexibility index (Phi) is 12.9. The molecule has 2 rings (SSSR count). The first-order valence-corrected chi connectivity index (χ1v) is 9.08. The fraction of sp³-hybridized carbons (Fsp3) is 0.632. The third-order valence-electron chi connectivity index (χ3n) is 4.75. The van der Waals surface area contributed by atoms with Crippen LogP contribution >= 0.6 is 24.8 Å². The van der Waals surface area contributed by atoms with Crippen LogP contribution in [-0.4, -0.2) is 60.6 Å². The maximum atomic E-state index is 12.9. The molecule has 2 atom stereocenters. The van der Waals surface area contributed by atoms with Crippen molar-refractivity contribution >= 4 is 30.7 Å². The highest BCUT2D eigenvalue weighted by molar-refractivity contribution is 5.85. The van der Waals surface area contributed by atoms with E-state index in [-0.39, 0.29) is 42.9 Å². The van der Waals surface area contributed by atoms with Crippen LogP contribution in [0.2, 0.25) is 0 Å². The highest BCUT2D eigenvalue weighted by Crippen LogP contribution is 2.21. The molecule has 1 amide bonds. The van der Waals surface area contributed by atoms with E-state index in [0.717, 1.165) is 44.6 Å². The normalized spacial score (nSPS) is 18.9. The minimum atomic E-state index is -0.334. The molecule has 1 saturated heterocycles. The molecule has 0 unspecified atom stereocenters. The number of hydrogen-bond acceptors (Lipinski definition) is 4. The summed E-state index contributed by atoms with van der Waals surface area (Å²) < 4.78 is 5.82. The van der Waals surface area contributed by atoms with Crippen molar-refractivity contribution in [3.05, 3.63) is 35.9 Å². The molecule has 0 bridgehead atoms. The number of nitrogens with two attached hydrogens (primary N) is 1. The molecule has 0 radical (unpaired) electrons. The van der Waals surface area contributed by atoms with E-state index in [4.69, 9.17) is 10.5 Å². The summed E-state index contributed by atoms with van der Waals surface area (Å²) >= 11 is 0. The number of halogens is 2. The third-order valence-corrected chi connectivity index (χ3v) is 4.75. The number of hydrogen-bond donors (Lipinski definition) is 1. The first kappa shape index (κ1) is 25.1. The van der Waals surface area contributed by atoms with E-state index >= 15 is 0 Å². The maximum Gasteiger partial charge on any atom is 0.252 e. The van der Waals surface area contributed by atoms with E-state index < -0.39 is 0 Å². The lowest BCUT2D eigenvalue weighted by Gasteiger charge is -2.28. The van der Waals surface area contributed by atoms with Gasteiger partial charge in [0.25, 0.3) is 5.91 Å². The molecule has 7 heteroatoms. The average Bonchev–Trinajstić information content (AvgIpc) is 3.11. The van der Waals surface area contributed by atoms with Gasteiger partial charge in [-0.05, 0) is 31.5 Å². The molecule has 26 heavy (non-hydrogen) atoms. The Morgan fingerprint density at radius 3 is 2.31 bits per heavy atom. The molecular formula is C19H33Cl2N3O2. The van der Waals surface area contributed by atoms with Crippen LogP contribution < -0.4 is 5.73 Å². The Labute approximate surface area is 170 Å². The third kappa shape index (κ3) is 7.41. The van der Waals surface area contributed by atoms with Gasteiger partial charge in [0, 0.05) is 26.2 Å². The van der Waals surface area contributed by atoms with E-state index in [1.54, 1.807) is 0 Å². The second-order valence-electron chi connectivity index (χ2n) is 6.33. The predicted molar refractivity (Wildman–Crippen MR) is 111 cm³/mol. The molecule has 0 spiro atoms. The molecule has 5 nitrogen and oxygen atoms in total. The number of ether oxygens (including phenoxy) is 1. The summed E-state index contributed by atoms with van der Waals surface area (Å²) in [5, 5.41) is 0. The number of carbonyl (C=O) groups excluding carboxylic acids is 1. The van der Waals surface area contributed by atoms with Crippen molar-refractivity contribution in [3.63, 3.8) is 0 Å². The van der Waals surface area contributed by atoms with Gasteiger partial charge in [0.05, 0.1) is 6.10 Å². The zero-order valence-electron chi connectivity index (χ0n) is 15.8. The van der Waals surface area contributed by atoms with Crippen LogP contribution in [0.4, 0.5) is 0 Å². The van der Waals surface area contributed by atoms with Gasteiger partial charge in [-0.3, -0.25) is 4.79 Å². The number of amides is 1. The van der Waals surface area contributed by atoms with E-state index in [0.29, 0.717) is 13.1 Å². The Morgan fingerprint density at radius 2 is 1.77 bits per heavy atom. The molecule has 1 aliphatic rings. The second-order valence-corrected chi connectivity index (χ2v) is 6.33. The van der Waals surface area contributed by atoms with Crippen LogP contribution in [0.25, 0.3) is 0 Å². The van der Waals surface area contributed by atoms with E-state index in [9.17, 15) is 4.79 Å². The molecule has 0 aliphatic carbocycles. The highest BCUT2D eigenvalue weighted by atomic mass is 35.5. The standard InChI is InChI=1S/C19H31N3O2.2ClH/c1-3-21(4-2)12-13-22(15-16-8-6-5-7-9-16)19(23)18-11-10-17(14-20)24-18;;/h5-9,17-18H,3-4,10-15,20H2,1-2H3;2*1H/t17-,18+;;/m1../s1. The molecule has 1 aliphatic heterocycles. The van der Waals surface area contributed by atoms with Crippen LogP contribution in [0.3, 0.4) is 0 Å². The number of rotatable bonds is 9. The van der Waals surface area contributed by atoms with Crippen molar-refractivity contribution in [3.8, 4) is 0 Å². The largest absolute Gasteiger partial charge is 0.364 e. The van der Waals surface area contributed by atoms with Crippen molar-refractivity contribution in [1.82, 2.24) is 9.80 Å². The summed E-state index contributed by atoms with van der Waals surface area (Å²) in [6.07, 6.45) is 1.35. The first-order chi connectivity index (χ1) is 11.7. The van der Waals surface area contributed by atoms with Gasteiger partial charge in [0.1, 0.15) is 6.10 Å². The number of nitrogens with zero attached hydrogens (tertiary/aromatic N) is 2. The number of likely N-dealkylation sites (N-methyl/N-ethyl adjacent to an activating group) is 1. The maximum absolute atomic E-state index is 12.9. The van der Waals surface area contributed by atoms with Crippen LogP contribution in [-0.2, 0) is 16.1 Å². The summed E-state index contributed by atoms with van der Waals surface area (Å²) in [5.74, 6) is 0.0990. The van der Waals surface area contributed by atoms with Gasteiger partial charge in [-0.25, -0.2) is 0 Å². The van der Waals surface area contributed by atoms with Crippen LogP contribution in [0.15, 0.2) is 30.3 Å². The van der Waals surface area contributed by atoms with E-state index in [1.165, 1.54) is 0 Å². The van der Waals surface area contributed by atoms with E-state index in [1.807, 2.05) is 23.1 Å². The van der Waals surface area contributed by atoms with Crippen LogP contribution in [0.1, 0.15) is 32.3 Å². The fourth-order valence-corrected chi connectivity index (χ4v) is 3.14. The topological polar surface area (TPSA) is 58.8 Å². The van der Waals surface area contributed by atoms with Crippen molar-refractivity contribution in [1.29, 1.82) is 0 Å². The molecule has 0 aromatic heterocycles. The van der Waals surface area contributed by atoms with Gasteiger partial charge in [0.2, 0.25) is 0 Å². The SMILES string of the molecule is CCN(CC)CCN(Cc1ccccc1)C(=O)[C@@H]1CC[C@H](CN)O1.Cl.Cl. The molecule has 1 aromatic carbocycles. The summed E-state index contributed by atoms with van der Waals surface area (Å²) in [5.41, 5.74) is 6.83. The van der Waals surface area contributed by atoms with Crippen molar-refractivity contribution in [2.75, 3.05) is 32.7 Å². The molecule has 2 N–H and O–H groups in total. The quantitative estimate of drug-likeness (QED) is 0.685. The molecular weight excluding hydrogens is 373 g/mol. The molecule has 1 fully saturated rings. The number of benzene rings is 1. The van der Waals surface area contributed by atoms with Crippen LogP contribution in [0.5, 0.6) is 0 Å². The second kappa shape index (κ2) is 13.3. The molecule has 0 saturated carbocycles. The van der Waals surface area contributed by atoms with Gasteiger partial charge in [-0.15, -0.1) is 24.8 Å². The zero-order chi connectivity index (χ0) is 17.4. The Balaban J connectivity index is 0.00000312. The number of carbonyl (C=O) groups is 1. The van der Waals surface area contributed by atoms with E-state index in [2.05, 4.69) is 30.9 Å². The van der Waals surface area contributed by atoms with Crippen molar-refractivity contribution in [2.45, 2.75) is 45.4 Å². The highest BCUT2D eigenvalue weighted by Gasteiger charge is 2.32. The van der Waals surface area contributed by atoms with Crippen molar-refractivity contribution in [2.24, 2.45) is 5.73 Å². The fourth-order valence-electron chi connectivity index (χ4n) is 3.14. The lowest BCUT2D eigenvalue weighted by atomic mass is 10.1. The predicted octanol–water partition coefficient (Wildman–Crippen LogP) is 2.71. The summed E-state index contributed by atoms with van der Waals surface area (Å²) in [6, 6.07) is 10.2. The molecule has 1 aromatic rings. The Morgan fingerprint density at radius 1 is 1.12 bits per heavy atom. The van der Waals surface area contributed by atoms with Gasteiger partial charge < -0.3 is 20.3 Å². The average molecular weight is 406 g/mol. The van der Waals surface area contributed by atoms with Gasteiger partial charge in [-0.2, -0.15) is 0 Å². The summed E-state index contributed by atoms with van der Waals surface area (Å²) in [7, 11) is 0. The lowest BCUT2D eigenvalue weighted by Crippen LogP contribution is -2.43. The minimum absolute atomic E-state index is 0. The van der Waals surface area contributed by atoms with Gasteiger partial charge in [-0.1, -0.05) is 44.2 Å². The van der Waals surface area contributed by atoms with Gasteiger partial charge in [0.15, 0.2) is 0 Å². The van der Waals surface area contributed by atoms with Crippen LogP contribution in [0, 0.1) is 0 Å². The van der Waals surface area contributed by atoms with Gasteiger partial charge >= 0.3 is 0 Å². The van der Waals surface area contributed by atoms with Crippen molar-refractivity contribution < 1.29 is 9.53 Å². The minimum Gasteiger partial charge on any atom is -0.364 e.